The Hall–Kier alpha value is -0.530. The number of nitrogens with zero attached hydrogens (tertiary/aromatic N) is 1. The first kappa shape index (κ1) is 6.20. The van der Waals surface area contributed by atoms with E-state index in [1.807, 2.05) is 6.92 Å². The van der Waals surface area contributed by atoms with Crippen molar-refractivity contribution < 1.29 is 4.84 Å². The lowest BCUT2D eigenvalue weighted by Crippen LogP contribution is -2.26. The third-order valence-electron chi connectivity index (χ3n) is 2.46. The van der Waals surface area contributed by atoms with Gasteiger partial charge in [0.1, 0.15) is 5.60 Å². The lowest BCUT2D eigenvalue weighted by molar-refractivity contribution is -0.0209. The van der Waals surface area contributed by atoms with E-state index in [1.54, 1.807) is 0 Å². The van der Waals surface area contributed by atoms with Crippen molar-refractivity contribution in [3.05, 3.63) is 0 Å². The van der Waals surface area contributed by atoms with Gasteiger partial charge in [-0.1, -0.05) is 5.16 Å². The van der Waals surface area contributed by atoms with Gasteiger partial charge in [0.2, 0.25) is 0 Å². The number of oxime groups is 1. The maximum Gasteiger partial charge on any atom is 0.143 e. The van der Waals surface area contributed by atoms with Gasteiger partial charge in [-0.25, -0.2) is 0 Å². The van der Waals surface area contributed by atoms with Crippen LogP contribution in [-0.4, -0.2) is 11.3 Å². The molecule has 0 spiro atoms. The molecule has 0 aromatic carbocycles. The molecule has 0 amide bonds. The molecule has 2 rings (SSSR count). The second kappa shape index (κ2) is 1.74. The van der Waals surface area contributed by atoms with E-state index in [0.29, 0.717) is 0 Å². The molecule has 1 saturated carbocycles. The minimum Gasteiger partial charge on any atom is -0.389 e. The fourth-order valence-electron chi connectivity index (χ4n) is 1.67. The number of hydrogen-bond donors (Lipinski definition) is 0. The molecule has 0 aromatic heterocycles. The van der Waals surface area contributed by atoms with Crippen molar-refractivity contribution in [2.24, 2.45) is 11.1 Å². The van der Waals surface area contributed by atoms with E-state index in [0.717, 1.165) is 18.1 Å². The van der Waals surface area contributed by atoms with Crippen LogP contribution >= 0.6 is 0 Å². The minimum atomic E-state index is 0.0735. The molecule has 1 heterocycles. The monoisotopic (exact) mass is 139 g/mol. The Morgan fingerprint density at radius 1 is 1.60 bits per heavy atom. The van der Waals surface area contributed by atoms with Crippen LogP contribution in [0.5, 0.6) is 0 Å². The van der Waals surface area contributed by atoms with Gasteiger partial charge in [0.05, 0.1) is 5.71 Å². The zero-order valence-corrected chi connectivity index (χ0v) is 6.55. The molecule has 2 nitrogen and oxygen atoms in total. The van der Waals surface area contributed by atoms with Crippen molar-refractivity contribution >= 4 is 5.71 Å². The highest BCUT2D eigenvalue weighted by atomic mass is 16.7. The Balaban J connectivity index is 2.06. The van der Waals surface area contributed by atoms with E-state index in [2.05, 4.69) is 12.1 Å². The van der Waals surface area contributed by atoms with E-state index < -0.39 is 0 Å². The Labute approximate surface area is 61.2 Å². The van der Waals surface area contributed by atoms with Crippen molar-refractivity contribution in [3.8, 4) is 0 Å². The van der Waals surface area contributed by atoms with Crippen molar-refractivity contribution in [3.63, 3.8) is 0 Å². The normalized spacial score (nSPS) is 39.2. The van der Waals surface area contributed by atoms with Crippen molar-refractivity contribution in [1.82, 2.24) is 0 Å². The Morgan fingerprint density at radius 2 is 2.30 bits per heavy atom. The van der Waals surface area contributed by atoms with Gasteiger partial charge < -0.3 is 4.84 Å². The topological polar surface area (TPSA) is 21.6 Å². The fraction of sp³-hybridized carbons (Fsp3) is 0.875. The maximum absolute atomic E-state index is 5.36. The third-order valence-corrected chi connectivity index (χ3v) is 2.46. The van der Waals surface area contributed by atoms with Gasteiger partial charge in [0.15, 0.2) is 0 Å². The summed E-state index contributed by atoms with van der Waals surface area (Å²) in [6.45, 7) is 4.21. The number of hydrogen-bond acceptors (Lipinski definition) is 2. The number of rotatable bonds is 1. The van der Waals surface area contributed by atoms with E-state index >= 15 is 0 Å². The molecule has 0 bridgehead atoms. The van der Waals surface area contributed by atoms with E-state index in [1.165, 1.54) is 12.8 Å². The van der Waals surface area contributed by atoms with Gasteiger partial charge in [-0.15, -0.1) is 0 Å². The molecule has 0 saturated heterocycles. The predicted octanol–water partition coefficient (Wildman–Crippen LogP) is 1.95. The molecule has 0 radical (unpaired) electrons. The SMILES string of the molecule is CC1=NOC(C)(C2CC2)C1. The highest BCUT2D eigenvalue weighted by Crippen LogP contribution is 2.45. The van der Waals surface area contributed by atoms with Gasteiger partial charge in [-0.3, -0.25) is 0 Å². The Morgan fingerprint density at radius 3 is 2.70 bits per heavy atom. The molecule has 10 heavy (non-hydrogen) atoms. The van der Waals surface area contributed by atoms with E-state index in [-0.39, 0.29) is 5.60 Å². The first-order chi connectivity index (χ1) is 4.71. The summed E-state index contributed by atoms with van der Waals surface area (Å²) in [6.07, 6.45) is 3.70. The average molecular weight is 139 g/mol. The first-order valence-corrected chi connectivity index (χ1v) is 3.92. The molecule has 2 heteroatoms. The molecule has 1 fully saturated rings. The second-order valence-electron chi connectivity index (χ2n) is 3.68. The summed E-state index contributed by atoms with van der Waals surface area (Å²) in [5.41, 5.74) is 1.22. The zero-order chi connectivity index (χ0) is 7.19. The van der Waals surface area contributed by atoms with Crippen LogP contribution in [0, 0.1) is 5.92 Å². The van der Waals surface area contributed by atoms with Gasteiger partial charge in [-0.05, 0) is 26.7 Å². The van der Waals surface area contributed by atoms with Crippen molar-refractivity contribution in [2.75, 3.05) is 0 Å². The maximum atomic E-state index is 5.36. The van der Waals surface area contributed by atoms with Gasteiger partial charge in [0, 0.05) is 12.3 Å². The molecule has 1 aliphatic heterocycles. The van der Waals surface area contributed by atoms with Gasteiger partial charge in [-0.2, -0.15) is 0 Å². The highest BCUT2D eigenvalue weighted by molar-refractivity contribution is 5.83. The fourth-order valence-corrected chi connectivity index (χ4v) is 1.67. The van der Waals surface area contributed by atoms with Crippen LogP contribution in [-0.2, 0) is 4.84 Å². The molecule has 0 aromatic rings. The van der Waals surface area contributed by atoms with E-state index in [9.17, 15) is 0 Å². The lowest BCUT2D eigenvalue weighted by atomic mass is 9.95. The van der Waals surface area contributed by atoms with Crippen LogP contribution < -0.4 is 0 Å². The summed E-state index contributed by atoms with van der Waals surface area (Å²) in [5.74, 6) is 0.786. The first-order valence-electron chi connectivity index (χ1n) is 3.92. The quantitative estimate of drug-likeness (QED) is 0.544. The van der Waals surface area contributed by atoms with Crippen molar-refractivity contribution in [1.29, 1.82) is 0 Å². The summed E-state index contributed by atoms with van der Waals surface area (Å²) in [6, 6.07) is 0. The lowest BCUT2D eigenvalue weighted by Gasteiger charge is -2.19. The molecule has 56 valence electrons. The van der Waals surface area contributed by atoms with Crippen LogP contribution in [0.15, 0.2) is 5.16 Å². The molecule has 1 aliphatic carbocycles. The van der Waals surface area contributed by atoms with Gasteiger partial charge >= 0.3 is 0 Å². The van der Waals surface area contributed by atoms with E-state index in [4.69, 9.17) is 4.84 Å². The van der Waals surface area contributed by atoms with Crippen LogP contribution in [0.3, 0.4) is 0 Å². The smallest absolute Gasteiger partial charge is 0.143 e. The van der Waals surface area contributed by atoms with Gasteiger partial charge in [0.25, 0.3) is 0 Å². The molecule has 1 atom stereocenters. The summed E-state index contributed by atoms with van der Waals surface area (Å²) < 4.78 is 0. The summed E-state index contributed by atoms with van der Waals surface area (Å²) in [5, 5.41) is 3.97. The zero-order valence-electron chi connectivity index (χ0n) is 6.55. The average Bonchev–Trinajstić information content (AvgIpc) is 2.62. The van der Waals surface area contributed by atoms with Crippen molar-refractivity contribution in [2.45, 2.75) is 38.7 Å². The molecular formula is C8H13NO. The standard InChI is InChI=1S/C8H13NO/c1-6-5-8(2,10-9-6)7-3-4-7/h7H,3-5H2,1-2H3. The molecule has 2 aliphatic rings. The minimum absolute atomic E-state index is 0.0735. The summed E-state index contributed by atoms with van der Waals surface area (Å²) in [7, 11) is 0. The Bertz CT molecular complexity index is 184. The summed E-state index contributed by atoms with van der Waals surface area (Å²) in [4.78, 5) is 5.36. The molecular weight excluding hydrogens is 126 g/mol. The predicted molar refractivity (Wildman–Crippen MR) is 39.9 cm³/mol. The highest BCUT2D eigenvalue weighted by Gasteiger charge is 2.46. The largest absolute Gasteiger partial charge is 0.389 e. The molecule has 0 N–H and O–H groups in total. The van der Waals surface area contributed by atoms with Crippen LogP contribution in [0.25, 0.3) is 0 Å². The van der Waals surface area contributed by atoms with Crippen LogP contribution in [0.1, 0.15) is 33.1 Å². The third kappa shape index (κ3) is 0.825. The molecule has 1 unspecified atom stereocenters. The van der Waals surface area contributed by atoms with Crippen LogP contribution in [0.2, 0.25) is 0 Å². The second-order valence-corrected chi connectivity index (χ2v) is 3.68. The van der Waals surface area contributed by atoms with Crippen LogP contribution in [0.4, 0.5) is 0 Å². The summed E-state index contributed by atoms with van der Waals surface area (Å²) >= 11 is 0. The Kier molecular flexibility index (Phi) is 1.08.